The number of morpholine rings is 1. The maximum atomic E-state index is 12.2. The first kappa shape index (κ1) is 13.2. The summed E-state index contributed by atoms with van der Waals surface area (Å²) in [4.78, 5) is 14.2. The van der Waals surface area contributed by atoms with Gasteiger partial charge in [-0.2, -0.15) is 0 Å². The van der Waals surface area contributed by atoms with Crippen LogP contribution in [0.3, 0.4) is 0 Å². The van der Waals surface area contributed by atoms with E-state index in [1.54, 1.807) is 0 Å². The molecule has 1 aromatic rings. The van der Waals surface area contributed by atoms with Gasteiger partial charge in [0.15, 0.2) is 5.78 Å². The first-order valence-electron chi connectivity index (χ1n) is 6.24. The number of carbonyl (C=O) groups is 1. The average molecular weight is 249 g/mol. The van der Waals surface area contributed by atoms with Crippen LogP contribution >= 0.6 is 0 Å². The van der Waals surface area contributed by atoms with Crippen LogP contribution in [0.4, 0.5) is 0 Å². The fraction of sp³-hybridized carbons (Fsp3) is 0.500. The lowest BCUT2D eigenvalue weighted by atomic mass is 10.0. The summed E-state index contributed by atoms with van der Waals surface area (Å²) in [6, 6.07) is 7.63. The molecule has 0 radical (unpaired) electrons. The second kappa shape index (κ2) is 6.09. The largest absolute Gasteiger partial charge is 0.394 e. The van der Waals surface area contributed by atoms with Gasteiger partial charge < -0.3 is 9.84 Å². The molecule has 0 spiro atoms. The summed E-state index contributed by atoms with van der Waals surface area (Å²) < 4.78 is 5.37. The molecule has 0 aromatic heterocycles. The number of carbonyl (C=O) groups excluding carboxylic acids is 1. The molecule has 4 nitrogen and oxygen atoms in total. The molecule has 0 aliphatic carbocycles. The monoisotopic (exact) mass is 249 g/mol. The van der Waals surface area contributed by atoms with Crippen molar-refractivity contribution in [1.29, 1.82) is 0 Å². The molecule has 98 valence electrons. The van der Waals surface area contributed by atoms with Crippen molar-refractivity contribution in [2.75, 3.05) is 32.8 Å². The SMILES string of the molecule is Cc1ccccc1C(=O)CN1CCOC(CO)C1. The van der Waals surface area contributed by atoms with Crippen LogP contribution in [0.25, 0.3) is 0 Å². The highest BCUT2D eigenvalue weighted by Gasteiger charge is 2.22. The number of aliphatic hydroxyl groups is 1. The summed E-state index contributed by atoms with van der Waals surface area (Å²) in [5, 5.41) is 9.07. The van der Waals surface area contributed by atoms with Crippen molar-refractivity contribution in [2.45, 2.75) is 13.0 Å². The van der Waals surface area contributed by atoms with Crippen LogP contribution in [0, 0.1) is 6.92 Å². The molecular weight excluding hydrogens is 230 g/mol. The summed E-state index contributed by atoms with van der Waals surface area (Å²) in [5.74, 6) is 0.131. The molecule has 1 aliphatic rings. The molecule has 0 amide bonds. The van der Waals surface area contributed by atoms with E-state index in [4.69, 9.17) is 9.84 Å². The molecule has 0 bridgehead atoms. The Hall–Kier alpha value is -1.23. The molecular formula is C14H19NO3. The fourth-order valence-electron chi connectivity index (χ4n) is 2.21. The zero-order valence-electron chi connectivity index (χ0n) is 10.6. The summed E-state index contributed by atoms with van der Waals surface area (Å²) >= 11 is 0. The Morgan fingerprint density at radius 3 is 3.00 bits per heavy atom. The van der Waals surface area contributed by atoms with Gasteiger partial charge in [0.25, 0.3) is 0 Å². The van der Waals surface area contributed by atoms with Gasteiger partial charge in [-0.3, -0.25) is 9.69 Å². The minimum Gasteiger partial charge on any atom is -0.394 e. The van der Waals surface area contributed by atoms with Crippen LogP contribution in [-0.2, 0) is 4.74 Å². The van der Waals surface area contributed by atoms with Crippen molar-refractivity contribution in [2.24, 2.45) is 0 Å². The van der Waals surface area contributed by atoms with Crippen molar-refractivity contribution in [1.82, 2.24) is 4.90 Å². The van der Waals surface area contributed by atoms with Crippen molar-refractivity contribution in [3.05, 3.63) is 35.4 Å². The van der Waals surface area contributed by atoms with Gasteiger partial charge in [0.1, 0.15) is 0 Å². The molecule has 1 saturated heterocycles. The van der Waals surface area contributed by atoms with E-state index in [-0.39, 0.29) is 18.5 Å². The molecule has 0 saturated carbocycles. The van der Waals surface area contributed by atoms with E-state index in [2.05, 4.69) is 0 Å². The molecule has 4 heteroatoms. The number of ketones is 1. The Balaban J connectivity index is 1.97. The van der Waals surface area contributed by atoms with Gasteiger partial charge in [0.05, 0.1) is 25.9 Å². The number of nitrogens with zero attached hydrogens (tertiary/aromatic N) is 1. The zero-order valence-corrected chi connectivity index (χ0v) is 10.6. The van der Waals surface area contributed by atoms with E-state index in [0.717, 1.165) is 17.7 Å². The number of benzene rings is 1. The number of Topliss-reactive ketones (excluding diaryl/α,β-unsaturated/α-hetero) is 1. The molecule has 1 atom stereocenters. The summed E-state index contributed by atoms with van der Waals surface area (Å²) in [6.07, 6.45) is -0.163. The maximum Gasteiger partial charge on any atom is 0.177 e. The average Bonchev–Trinajstić information content (AvgIpc) is 2.39. The molecule has 1 N–H and O–H groups in total. The highest BCUT2D eigenvalue weighted by atomic mass is 16.5. The van der Waals surface area contributed by atoms with Gasteiger partial charge >= 0.3 is 0 Å². The topological polar surface area (TPSA) is 49.8 Å². The smallest absolute Gasteiger partial charge is 0.177 e. The van der Waals surface area contributed by atoms with Crippen LogP contribution in [0.2, 0.25) is 0 Å². The Bertz CT molecular complexity index is 419. The Labute approximate surface area is 107 Å². The number of hydrogen-bond acceptors (Lipinski definition) is 4. The van der Waals surface area contributed by atoms with Gasteiger partial charge in [0.2, 0.25) is 0 Å². The third-order valence-corrected chi connectivity index (χ3v) is 3.24. The van der Waals surface area contributed by atoms with Crippen molar-refractivity contribution in [3.63, 3.8) is 0 Å². The van der Waals surface area contributed by atoms with Crippen LogP contribution in [0.15, 0.2) is 24.3 Å². The van der Waals surface area contributed by atoms with Crippen LogP contribution in [0.5, 0.6) is 0 Å². The highest BCUT2D eigenvalue weighted by molar-refractivity contribution is 5.98. The Kier molecular flexibility index (Phi) is 4.47. The van der Waals surface area contributed by atoms with Crippen molar-refractivity contribution in [3.8, 4) is 0 Å². The molecule has 18 heavy (non-hydrogen) atoms. The number of aryl methyl sites for hydroxylation is 1. The Morgan fingerprint density at radius 1 is 1.50 bits per heavy atom. The van der Waals surface area contributed by atoms with Crippen molar-refractivity contribution < 1.29 is 14.6 Å². The number of rotatable bonds is 4. The van der Waals surface area contributed by atoms with Crippen LogP contribution in [0.1, 0.15) is 15.9 Å². The van der Waals surface area contributed by atoms with E-state index in [9.17, 15) is 4.79 Å². The van der Waals surface area contributed by atoms with Gasteiger partial charge in [0, 0.05) is 18.7 Å². The molecule has 1 fully saturated rings. The quantitative estimate of drug-likeness (QED) is 0.804. The standard InChI is InChI=1S/C14H19NO3/c1-11-4-2-3-5-13(11)14(17)9-15-6-7-18-12(8-15)10-16/h2-5,12,16H,6-10H2,1H3. The zero-order chi connectivity index (χ0) is 13.0. The first-order chi connectivity index (χ1) is 8.70. The second-order valence-corrected chi connectivity index (χ2v) is 4.65. The number of aliphatic hydroxyl groups excluding tert-OH is 1. The van der Waals surface area contributed by atoms with Gasteiger partial charge in [-0.25, -0.2) is 0 Å². The molecule has 1 aliphatic heterocycles. The van der Waals surface area contributed by atoms with Crippen LogP contribution < -0.4 is 0 Å². The van der Waals surface area contributed by atoms with E-state index >= 15 is 0 Å². The van der Waals surface area contributed by atoms with Gasteiger partial charge in [-0.15, -0.1) is 0 Å². The lowest BCUT2D eigenvalue weighted by molar-refractivity contribution is -0.0503. The predicted octanol–water partition coefficient (Wildman–Crippen LogP) is 0.871. The predicted molar refractivity (Wildman–Crippen MR) is 68.8 cm³/mol. The lowest BCUT2D eigenvalue weighted by Crippen LogP contribution is -2.46. The van der Waals surface area contributed by atoms with Gasteiger partial charge in [-0.05, 0) is 12.5 Å². The van der Waals surface area contributed by atoms with E-state index in [1.165, 1.54) is 0 Å². The normalized spacial score (nSPS) is 20.9. The first-order valence-corrected chi connectivity index (χ1v) is 6.24. The Morgan fingerprint density at radius 2 is 2.28 bits per heavy atom. The fourth-order valence-corrected chi connectivity index (χ4v) is 2.21. The molecule has 1 unspecified atom stereocenters. The minimum absolute atomic E-state index is 0.00898. The highest BCUT2D eigenvalue weighted by Crippen LogP contribution is 2.11. The second-order valence-electron chi connectivity index (χ2n) is 4.65. The number of hydrogen-bond donors (Lipinski definition) is 1. The van der Waals surface area contributed by atoms with E-state index < -0.39 is 0 Å². The third kappa shape index (κ3) is 3.16. The lowest BCUT2D eigenvalue weighted by Gasteiger charge is -2.31. The summed E-state index contributed by atoms with van der Waals surface area (Å²) in [7, 11) is 0. The van der Waals surface area contributed by atoms with E-state index in [0.29, 0.717) is 19.7 Å². The van der Waals surface area contributed by atoms with Crippen molar-refractivity contribution >= 4 is 5.78 Å². The summed E-state index contributed by atoms with van der Waals surface area (Å²) in [6.45, 7) is 4.29. The van der Waals surface area contributed by atoms with Gasteiger partial charge in [-0.1, -0.05) is 24.3 Å². The minimum atomic E-state index is -0.163. The maximum absolute atomic E-state index is 12.2. The van der Waals surface area contributed by atoms with E-state index in [1.807, 2.05) is 36.1 Å². The summed E-state index contributed by atoms with van der Waals surface area (Å²) in [5.41, 5.74) is 1.79. The molecule has 1 aromatic carbocycles. The number of ether oxygens (including phenoxy) is 1. The molecule has 1 heterocycles. The third-order valence-electron chi connectivity index (χ3n) is 3.24. The van der Waals surface area contributed by atoms with Crippen LogP contribution in [-0.4, -0.2) is 54.7 Å². The molecule has 2 rings (SSSR count).